The van der Waals surface area contributed by atoms with Crippen LogP contribution in [0.25, 0.3) is 0 Å². The monoisotopic (exact) mass is 186 g/mol. The maximum Gasteiger partial charge on any atom is 0.412 e. The Morgan fingerprint density at radius 3 is 2.25 bits per heavy atom. The van der Waals surface area contributed by atoms with Gasteiger partial charge in [0.2, 0.25) is 0 Å². The quantitative estimate of drug-likeness (QED) is 0.447. The lowest BCUT2D eigenvalue weighted by Crippen LogP contribution is -2.31. The Labute approximate surface area is 64.7 Å². The summed E-state index contributed by atoms with van der Waals surface area (Å²) in [5, 5.41) is 0. The minimum Gasteiger partial charge on any atom is -0.290 e. The molecular weight excluding hydrogens is 183 g/mol. The fourth-order valence-electron chi connectivity index (χ4n) is 0.614. The van der Waals surface area contributed by atoms with Gasteiger partial charge in [0.25, 0.3) is 0 Å². The molecule has 0 spiro atoms. The minimum absolute atomic E-state index is 0.00183. The van der Waals surface area contributed by atoms with Gasteiger partial charge in [-0.05, 0) is 0 Å². The van der Waals surface area contributed by atoms with Crippen molar-refractivity contribution in [3.05, 3.63) is 6.54 Å². The highest BCUT2D eigenvalue weighted by atomic mass is 19.4. The zero-order valence-electron chi connectivity index (χ0n) is 5.52. The second kappa shape index (κ2) is 2.87. The van der Waals surface area contributed by atoms with Crippen LogP contribution in [0.2, 0.25) is 0 Å². The number of alkyl halides is 5. The summed E-state index contributed by atoms with van der Waals surface area (Å²) < 4.78 is 58.7. The van der Waals surface area contributed by atoms with Gasteiger partial charge >= 0.3 is 12.7 Å². The number of aliphatic imine (C=N–C) groups is 1. The predicted molar refractivity (Wildman–Crippen MR) is 29.4 cm³/mol. The Balaban J connectivity index is 2.54. The molecule has 1 heterocycles. The zero-order valence-corrected chi connectivity index (χ0v) is 5.52. The van der Waals surface area contributed by atoms with E-state index in [0.29, 0.717) is 0 Å². The number of nitrogens with zero attached hydrogens (tertiary/aromatic N) is 2. The van der Waals surface area contributed by atoms with E-state index >= 15 is 0 Å². The van der Waals surface area contributed by atoms with Crippen LogP contribution < -0.4 is 0 Å². The van der Waals surface area contributed by atoms with Crippen molar-refractivity contribution in [3.8, 4) is 0 Å². The summed E-state index contributed by atoms with van der Waals surface area (Å²) in [7, 11) is 0. The van der Waals surface area contributed by atoms with Crippen LogP contribution >= 0.6 is 0 Å². The molecule has 0 saturated heterocycles. The van der Waals surface area contributed by atoms with Crippen LogP contribution in [0.4, 0.5) is 22.0 Å². The van der Waals surface area contributed by atoms with Crippen LogP contribution in [-0.4, -0.2) is 30.0 Å². The van der Waals surface area contributed by atoms with E-state index in [4.69, 9.17) is 0 Å². The molecule has 68 valence electrons. The molecule has 1 aliphatic rings. The van der Waals surface area contributed by atoms with Gasteiger partial charge in [0.1, 0.15) is 0 Å². The molecule has 0 saturated carbocycles. The minimum atomic E-state index is -4.61. The molecule has 2 nitrogen and oxygen atoms in total. The standard InChI is InChI=1S/C5H3F5N2/c6-4(7)12-1-3(11-2-12)5(8,9)10/h1,3-4H. The summed E-state index contributed by atoms with van der Waals surface area (Å²) >= 11 is 0. The molecule has 0 N–H and O–H groups in total. The van der Waals surface area contributed by atoms with Crippen molar-refractivity contribution in [2.24, 2.45) is 4.99 Å². The maximum absolute atomic E-state index is 11.8. The Hall–Kier alpha value is -0.880. The predicted octanol–water partition coefficient (Wildman–Crippen LogP) is 1.52. The highest BCUT2D eigenvalue weighted by Gasteiger charge is 2.44. The third kappa shape index (κ3) is 1.83. The molecule has 7 heteroatoms. The van der Waals surface area contributed by atoms with Gasteiger partial charge in [0.15, 0.2) is 12.4 Å². The van der Waals surface area contributed by atoms with Crippen molar-refractivity contribution in [2.45, 2.75) is 18.8 Å². The first-order chi connectivity index (χ1) is 5.41. The summed E-state index contributed by atoms with van der Waals surface area (Å²) in [6.07, 6.45) is -3.07. The lowest BCUT2D eigenvalue weighted by atomic mass is 10.3. The molecule has 1 rings (SSSR count). The second-order valence-corrected chi connectivity index (χ2v) is 2.05. The third-order valence-electron chi connectivity index (χ3n) is 1.16. The molecule has 0 amide bonds. The third-order valence-corrected chi connectivity index (χ3v) is 1.16. The first kappa shape index (κ1) is 9.21. The molecule has 0 aromatic carbocycles. The highest BCUT2D eigenvalue weighted by molar-refractivity contribution is 5.60. The van der Waals surface area contributed by atoms with Crippen LogP contribution in [0.15, 0.2) is 4.99 Å². The molecule has 0 aromatic rings. The van der Waals surface area contributed by atoms with Crippen molar-refractivity contribution in [3.63, 3.8) is 0 Å². The SMILES string of the molecule is FC(F)N1[C]=NC(C(F)(F)F)[CH]1. The Morgan fingerprint density at radius 2 is 2.00 bits per heavy atom. The first-order valence-electron chi connectivity index (χ1n) is 2.85. The van der Waals surface area contributed by atoms with E-state index < -0.39 is 18.8 Å². The molecule has 12 heavy (non-hydrogen) atoms. The van der Waals surface area contributed by atoms with Crippen LogP contribution in [0.3, 0.4) is 0 Å². The van der Waals surface area contributed by atoms with E-state index in [9.17, 15) is 22.0 Å². The van der Waals surface area contributed by atoms with E-state index in [1.807, 2.05) is 0 Å². The van der Waals surface area contributed by atoms with E-state index in [1.165, 1.54) is 0 Å². The van der Waals surface area contributed by atoms with Gasteiger partial charge in [0.05, 0.1) is 6.54 Å². The fraction of sp³-hybridized carbons (Fsp3) is 0.600. The molecule has 1 aliphatic heterocycles. The average Bonchev–Trinajstić information content (AvgIpc) is 2.30. The molecule has 0 aromatic heterocycles. The molecule has 2 radical (unpaired) electrons. The van der Waals surface area contributed by atoms with Gasteiger partial charge in [-0.15, -0.1) is 0 Å². The lowest BCUT2D eigenvalue weighted by Gasteiger charge is -2.14. The highest BCUT2D eigenvalue weighted by Crippen LogP contribution is 2.29. The summed E-state index contributed by atoms with van der Waals surface area (Å²) in [6, 6.07) is -2.19. The summed E-state index contributed by atoms with van der Waals surface area (Å²) in [5.41, 5.74) is 0. The largest absolute Gasteiger partial charge is 0.412 e. The van der Waals surface area contributed by atoms with Gasteiger partial charge < -0.3 is 0 Å². The van der Waals surface area contributed by atoms with E-state index in [0.717, 1.165) is 0 Å². The number of halogens is 5. The molecule has 0 bridgehead atoms. The summed E-state index contributed by atoms with van der Waals surface area (Å²) in [4.78, 5) is 2.72. The van der Waals surface area contributed by atoms with E-state index in [-0.39, 0.29) is 11.4 Å². The van der Waals surface area contributed by atoms with Crippen molar-refractivity contribution >= 4 is 6.34 Å². The topological polar surface area (TPSA) is 15.6 Å². The molecule has 0 aliphatic carbocycles. The van der Waals surface area contributed by atoms with E-state index in [1.54, 1.807) is 6.34 Å². The molecule has 0 fully saturated rings. The van der Waals surface area contributed by atoms with Gasteiger partial charge in [-0.3, -0.25) is 4.90 Å². The van der Waals surface area contributed by atoms with Gasteiger partial charge in [-0.1, -0.05) is 0 Å². The van der Waals surface area contributed by atoms with Crippen molar-refractivity contribution in [2.75, 3.05) is 0 Å². The smallest absolute Gasteiger partial charge is 0.290 e. The molecule has 1 atom stereocenters. The molecule has 1 unspecified atom stereocenters. The number of hydrogen-bond acceptors (Lipinski definition) is 2. The van der Waals surface area contributed by atoms with Crippen molar-refractivity contribution in [1.82, 2.24) is 4.90 Å². The average molecular weight is 186 g/mol. The maximum atomic E-state index is 11.8. The van der Waals surface area contributed by atoms with Crippen molar-refractivity contribution < 1.29 is 22.0 Å². The Kier molecular flexibility index (Phi) is 2.20. The molecular formula is C5H3F5N2. The van der Waals surface area contributed by atoms with Gasteiger partial charge in [0, 0.05) is 0 Å². The van der Waals surface area contributed by atoms with E-state index in [2.05, 4.69) is 4.99 Å². The van der Waals surface area contributed by atoms with Crippen molar-refractivity contribution in [1.29, 1.82) is 0 Å². The number of rotatable bonds is 1. The summed E-state index contributed by atoms with van der Waals surface area (Å²) in [6.45, 7) is -2.74. The van der Waals surface area contributed by atoms with Crippen LogP contribution in [0.5, 0.6) is 0 Å². The number of hydrogen-bond donors (Lipinski definition) is 0. The fourth-order valence-corrected chi connectivity index (χ4v) is 0.614. The summed E-state index contributed by atoms with van der Waals surface area (Å²) in [5.74, 6) is 0. The first-order valence-corrected chi connectivity index (χ1v) is 2.85. The van der Waals surface area contributed by atoms with Crippen LogP contribution in [0, 0.1) is 6.54 Å². The normalized spacial score (nSPS) is 24.2. The zero-order chi connectivity index (χ0) is 9.35. The second-order valence-electron chi connectivity index (χ2n) is 2.05. The van der Waals surface area contributed by atoms with Gasteiger partial charge in [-0.25, -0.2) is 4.99 Å². The van der Waals surface area contributed by atoms with Crippen LogP contribution in [-0.2, 0) is 0 Å². The lowest BCUT2D eigenvalue weighted by molar-refractivity contribution is -0.142. The Morgan fingerprint density at radius 1 is 1.42 bits per heavy atom. The Bertz CT molecular complexity index is 187. The van der Waals surface area contributed by atoms with Gasteiger partial charge in [-0.2, -0.15) is 22.0 Å². The van der Waals surface area contributed by atoms with Crippen LogP contribution in [0.1, 0.15) is 0 Å².